The number of aryl methyl sites for hydroxylation is 2. The maximum Gasteiger partial charge on any atom is 0.255 e. The van der Waals surface area contributed by atoms with E-state index in [4.69, 9.17) is 4.52 Å². The second-order valence-electron chi connectivity index (χ2n) is 7.63. The van der Waals surface area contributed by atoms with Gasteiger partial charge in [-0.05, 0) is 45.8 Å². The summed E-state index contributed by atoms with van der Waals surface area (Å²) < 4.78 is 7.26. The molecule has 2 atom stereocenters. The van der Waals surface area contributed by atoms with Crippen molar-refractivity contribution in [3.8, 4) is 0 Å². The van der Waals surface area contributed by atoms with Gasteiger partial charge in [0.15, 0.2) is 0 Å². The molecule has 0 radical (unpaired) electrons. The fraction of sp³-hybridized carbons (Fsp3) is 0.579. The highest BCUT2D eigenvalue weighted by molar-refractivity contribution is 5.23. The van der Waals surface area contributed by atoms with Crippen LogP contribution in [0.2, 0.25) is 0 Å². The predicted molar refractivity (Wildman–Crippen MR) is 95.6 cm³/mol. The number of hydrogen-bond donors (Lipinski definition) is 1. The lowest BCUT2D eigenvalue weighted by atomic mass is 9.84. The van der Waals surface area contributed by atoms with E-state index >= 15 is 0 Å². The molecule has 0 spiro atoms. The van der Waals surface area contributed by atoms with Crippen LogP contribution in [0, 0.1) is 19.8 Å². The molecule has 2 aliphatic heterocycles. The van der Waals surface area contributed by atoms with E-state index in [2.05, 4.69) is 21.4 Å². The quantitative estimate of drug-likeness (QED) is 0.918. The minimum Gasteiger partial charge on any atom is -0.361 e. The highest BCUT2D eigenvalue weighted by Gasteiger charge is 2.31. The van der Waals surface area contributed by atoms with Gasteiger partial charge in [0, 0.05) is 48.9 Å². The van der Waals surface area contributed by atoms with Gasteiger partial charge in [-0.15, -0.1) is 0 Å². The van der Waals surface area contributed by atoms with Crippen LogP contribution < -0.4 is 10.9 Å². The van der Waals surface area contributed by atoms with Gasteiger partial charge in [-0.1, -0.05) is 11.2 Å². The molecule has 4 heterocycles. The van der Waals surface area contributed by atoms with Gasteiger partial charge >= 0.3 is 0 Å². The molecule has 4 rings (SSSR count). The second kappa shape index (κ2) is 6.42. The van der Waals surface area contributed by atoms with Gasteiger partial charge in [0.05, 0.1) is 5.69 Å². The summed E-state index contributed by atoms with van der Waals surface area (Å²) in [6, 6.07) is 4.18. The van der Waals surface area contributed by atoms with Gasteiger partial charge in [0.2, 0.25) is 0 Å². The minimum absolute atomic E-state index is 0.180. The average molecular weight is 342 g/mol. The molecule has 0 unspecified atom stereocenters. The number of rotatable bonds is 4. The fourth-order valence-corrected chi connectivity index (χ4v) is 4.30. The summed E-state index contributed by atoms with van der Waals surface area (Å²) in [6.45, 7) is 8.12. The molecule has 0 saturated carbocycles. The van der Waals surface area contributed by atoms with Gasteiger partial charge in [-0.2, -0.15) is 0 Å². The molecule has 2 aromatic heterocycles. The van der Waals surface area contributed by atoms with Gasteiger partial charge in [-0.3, -0.25) is 9.69 Å². The topological polar surface area (TPSA) is 63.3 Å². The number of pyridine rings is 1. The SMILES string of the molecule is Cc1noc(C)c1CN(C)Cc1ccc2n(c1=O)C[C@@H]1CNC[C@H]2C1. The second-order valence-corrected chi connectivity index (χ2v) is 7.63. The Bertz CT molecular complexity index is 819. The van der Waals surface area contributed by atoms with Crippen LogP contribution in [0.5, 0.6) is 0 Å². The molecule has 1 fully saturated rings. The van der Waals surface area contributed by atoms with Crippen LogP contribution in [-0.4, -0.2) is 34.8 Å². The Morgan fingerprint density at radius 2 is 2.16 bits per heavy atom. The molecule has 2 bridgehead atoms. The van der Waals surface area contributed by atoms with Gasteiger partial charge < -0.3 is 14.4 Å². The molecule has 0 aromatic carbocycles. The van der Waals surface area contributed by atoms with Crippen molar-refractivity contribution in [1.82, 2.24) is 19.9 Å². The standard InChI is InChI=1S/C19H26N4O2/c1-12-17(13(2)25-21-12)11-22(3)10-15-4-5-18-16-6-14(7-20-8-16)9-23(18)19(15)24/h4-5,14,16,20H,6-11H2,1-3H3/t14-,16+/m0/s1. The lowest BCUT2D eigenvalue weighted by molar-refractivity contribution is 0.254. The molecule has 1 N–H and O–H groups in total. The molecule has 6 heteroatoms. The molecule has 6 nitrogen and oxygen atoms in total. The number of nitrogens with one attached hydrogen (secondary N) is 1. The zero-order valence-electron chi connectivity index (χ0n) is 15.2. The predicted octanol–water partition coefficient (Wildman–Crippen LogP) is 1.79. The third-order valence-corrected chi connectivity index (χ3v) is 5.64. The molecule has 25 heavy (non-hydrogen) atoms. The molecule has 2 aromatic rings. The van der Waals surface area contributed by atoms with Gasteiger partial charge in [0.25, 0.3) is 5.56 Å². The first-order chi connectivity index (χ1) is 12.0. The van der Waals surface area contributed by atoms with Crippen molar-refractivity contribution in [3.63, 3.8) is 0 Å². The monoisotopic (exact) mass is 342 g/mol. The maximum atomic E-state index is 13.0. The number of fused-ring (bicyclic) bond motifs is 4. The highest BCUT2D eigenvalue weighted by atomic mass is 16.5. The average Bonchev–Trinajstić information content (AvgIpc) is 2.90. The smallest absolute Gasteiger partial charge is 0.255 e. The fourth-order valence-electron chi connectivity index (χ4n) is 4.30. The Labute approximate surface area is 147 Å². The number of aromatic nitrogens is 2. The van der Waals surface area contributed by atoms with Crippen molar-refractivity contribution < 1.29 is 4.52 Å². The van der Waals surface area contributed by atoms with Crippen molar-refractivity contribution in [2.24, 2.45) is 5.92 Å². The first-order valence-corrected chi connectivity index (χ1v) is 9.06. The molecular weight excluding hydrogens is 316 g/mol. The van der Waals surface area contributed by atoms with E-state index in [1.54, 1.807) is 0 Å². The summed E-state index contributed by atoms with van der Waals surface area (Å²) in [5.41, 5.74) is 4.28. The number of nitrogens with zero attached hydrogens (tertiary/aromatic N) is 3. The third kappa shape index (κ3) is 3.04. The number of hydrogen-bond acceptors (Lipinski definition) is 5. The lowest BCUT2D eigenvalue weighted by Gasteiger charge is -2.37. The third-order valence-electron chi connectivity index (χ3n) is 5.64. The van der Waals surface area contributed by atoms with Crippen LogP contribution in [0.4, 0.5) is 0 Å². The Hall–Kier alpha value is -1.92. The summed E-state index contributed by atoms with van der Waals surface area (Å²) >= 11 is 0. The van der Waals surface area contributed by atoms with E-state index in [0.29, 0.717) is 18.4 Å². The zero-order chi connectivity index (χ0) is 17.6. The Morgan fingerprint density at radius 3 is 2.92 bits per heavy atom. The Kier molecular flexibility index (Phi) is 4.25. The molecular formula is C19H26N4O2. The normalized spacial score (nSPS) is 22.2. The summed E-state index contributed by atoms with van der Waals surface area (Å²) in [5.74, 6) is 1.92. The van der Waals surface area contributed by atoms with Crippen LogP contribution in [0.3, 0.4) is 0 Å². The van der Waals surface area contributed by atoms with E-state index < -0.39 is 0 Å². The van der Waals surface area contributed by atoms with Crippen LogP contribution in [0.15, 0.2) is 21.5 Å². The van der Waals surface area contributed by atoms with Crippen LogP contribution in [0.25, 0.3) is 0 Å². The van der Waals surface area contributed by atoms with Gasteiger partial charge in [0.1, 0.15) is 5.76 Å². The van der Waals surface area contributed by atoms with E-state index in [1.807, 2.05) is 31.5 Å². The first-order valence-electron chi connectivity index (χ1n) is 9.06. The summed E-state index contributed by atoms with van der Waals surface area (Å²) in [7, 11) is 2.04. The van der Waals surface area contributed by atoms with Gasteiger partial charge in [-0.25, -0.2) is 0 Å². The summed E-state index contributed by atoms with van der Waals surface area (Å²) in [4.78, 5) is 15.2. The largest absolute Gasteiger partial charge is 0.361 e. The molecule has 1 saturated heterocycles. The summed E-state index contributed by atoms with van der Waals surface area (Å²) in [6.07, 6.45) is 1.21. The molecule has 0 amide bonds. The van der Waals surface area contributed by atoms with Crippen molar-refractivity contribution in [1.29, 1.82) is 0 Å². The first kappa shape index (κ1) is 16.5. The number of piperidine rings is 1. The van der Waals surface area contributed by atoms with Crippen molar-refractivity contribution in [2.45, 2.75) is 45.8 Å². The molecule has 134 valence electrons. The van der Waals surface area contributed by atoms with Crippen molar-refractivity contribution in [2.75, 3.05) is 20.1 Å². The Morgan fingerprint density at radius 1 is 1.32 bits per heavy atom. The van der Waals surface area contributed by atoms with Crippen LogP contribution in [0.1, 0.15) is 40.6 Å². The Balaban J connectivity index is 1.55. The van der Waals surface area contributed by atoms with Crippen molar-refractivity contribution >= 4 is 0 Å². The lowest BCUT2D eigenvalue weighted by Crippen LogP contribution is -2.45. The van der Waals surface area contributed by atoms with E-state index in [9.17, 15) is 4.79 Å². The van der Waals surface area contributed by atoms with E-state index in [-0.39, 0.29) is 5.56 Å². The van der Waals surface area contributed by atoms with Crippen LogP contribution >= 0.6 is 0 Å². The minimum atomic E-state index is 0.180. The molecule has 0 aliphatic carbocycles. The maximum absolute atomic E-state index is 13.0. The van der Waals surface area contributed by atoms with Crippen LogP contribution in [-0.2, 0) is 19.6 Å². The highest BCUT2D eigenvalue weighted by Crippen LogP contribution is 2.31. The van der Waals surface area contributed by atoms with E-state index in [0.717, 1.165) is 48.8 Å². The summed E-state index contributed by atoms with van der Waals surface area (Å²) in [5, 5.41) is 7.50. The van der Waals surface area contributed by atoms with E-state index in [1.165, 1.54) is 12.1 Å². The molecule has 2 aliphatic rings. The van der Waals surface area contributed by atoms with Crippen molar-refractivity contribution in [3.05, 3.63) is 50.8 Å². The zero-order valence-corrected chi connectivity index (χ0v) is 15.2.